The second-order valence-electron chi connectivity index (χ2n) is 7.34. The third kappa shape index (κ3) is 5.24. The number of nitrogens with one attached hydrogen (secondary N) is 2. The predicted octanol–water partition coefficient (Wildman–Crippen LogP) is 2.93. The number of benzene rings is 1. The standard InChI is InChI=1S/C21H33N5/c1-3-22-21(24-16-18-8-6-13-25(2)17-18)23-12-7-14-26-15-11-19-9-4-5-10-20(19)26/h4-5,9-11,15,18H,3,6-8,12-14,16-17H2,1-2H3,(H2,22,23,24). The summed E-state index contributed by atoms with van der Waals surface area (Å²) in [5.41, 5.74) is 1.31. The van der Waals surface area contributed by atoms with Crippen molar-refractivity contribution in [1.29, 1.82) is 0 Å². The number of aryl methyl sites for hydroxylation is 1. The Morgan fingerprint density at radius 3 is 2.96 bits per heavy atom. The van der Waals surface area contributed by atoms with E-state index in [1.165, 1.54) is 36.8 Å². The van der Waals surface area contributed by atoms with E-state index in [-0.39, 0.29) is 0 Å². The number of rotatable bonds is 7. The van der Waals surface area contributed by atoms with E-state index >= 15 is 0 Å². The Kier molecular flexibility index (Phi) is 6.95. The second kappa shape index (κ2) is 9.62. The van der Waals surface area contributed by atoms with Crippen LogP contribution >= 0.6 is 0 Å². The smallest absolute Gasteiger partial charge is 0.191 e. The Bertz CT molecular complexity index is 705. The van der Waals surface area contributed by atoms with E-state index in [0.717, 1.165) is 38.6 Å². The number of likely N-dealkylation sites (tertiary alicyclic amines) is 1. The largest absolute Gasteiger partial charge is 0.357 e. The van der Waals surface area contributed by atoms with Crippen LogP contribution in [0.15, 0.2) is 41.5 Å². The summed E-state index contributed by atoms with van der Waals surface area (Å²) in [6, 6.07) is 10.8. The van der Waals surface area contributed by atoms with Crippen LogP contribution in [-0.4, -0.2) is 55.2 Å². The zero-order valence-electron chi connectivity index (χ0n) is 16.2. The molecular formula is C21H33N5. The number of hydrogen-bond donors (Lipinski definition) is 2. The van der Waals surface area contributed by atoms with Gasteiger partial charge in [-0.3, -0.25) is 4.99 Å². The summed E-state index contributed by atoms with van der Waals surface area (Å²) in [7, 11) is 2.21. The molecule has 1 atom stereocenters. The van der Waals surface area contributed by atoms with Gasteiger partial charge in [-0.25, -0.2) is 0 Å². The molecule has 2 N–H and O–H groups in total. The molecular weight excluding hydrogens is 322 g/mol. The van der Waals surface area contributed by atoms with E-state index < -0.39 is 0 Å². The van der Waals surface area contributed by atoms with Crippen LogP contribution in [0.2, 0.25) is 0 Å². The van der Waals surface area contributed by atoms with Gasteiger partial charge < -0.3 is 20.1 Å². The molecule has 142 valence electrons. The minimum Gasteiger partial charge on any atom is -0.357 e. The molecule has 1 unspecified atom stereocenters. The van der Waals surface area contributed by atoms with Gasteiger partial charge in [-0.1, -0.05) is 18.2 Å². The lowest BCUT2D eigenvalue weighted by Gasteiger charge is -2.28. The summed E-state index contributed by atoms with van der Waals surface area (Å²) >= 11 is 0. The predicted molar refractivity (Wildman–Crippen MR) is 111 cm³/mol. The van der Waals surface area contributed by atoms with E-state index in [0.29, 0.717) is 5.92 Å². The molecule has 3 rings (SSSR count). The summed E-state index contributed by atoms with van der Waals surface area (Å²) in [5.74, 6) is 1.65. The van der Waals surface area contributed by atoms with Crippen molar-refractivity contribution in [2.45, 2.75) is 32.7 Å². The lowest BCUT2D eigenvalue weighted by Crippen LogP contribution is -2.39. The number of hydrogen-bond acceptors (Lipinski definition) is 2. The molecule has 2 heterocycles. The average Bonchev–Trinajstić information content (AvgIpc) is 3.06. The summed E-state index contributed by atoms with van der Waals surface area (Å²) in [5, 5.41) is 8.18. The molecule has 5 heteroatoms. The fraction of sp³-hybridized carbons (Fsp3) is 0.571. The molecule has 0 spiro atoms. The van der Waals surface area contributed by atoms with Crippen LogP contribution in [0.1, 0.15) is 26.2 Å². The highest BCUT2D eigenvalue weighted by Gasteiger charge is 2.16. The number of aliphatic imine (C=N–C) groups is 1. The molecule has 0 amide bonds. The second-order valence-corrected chi connectivity index (χ2v) is 7.34. The SMILES string of the molecule is CCNC(=NCC1CCCN(C)C1)NCCCn1ccc2ccccc21. The van der Waals surface area contributed by atoms with Gasteiger partial charge in [-0.15, -0.1) is 0 Å². The van der Waals surface area contributed by atoms with Gasteiger partial charge >= 0.3 is 0 Å². The quantitative estimate of drug-likeness (QED) is 0.456. The van der Waals surface area contributed by atoms with Crippen molar-refractivity contribution in [2.24, 2.45) is 10.9 Å². The van der Waals surface area contributed by atoms with Crippen molar-refractivity contribution < 1.29 is 0 Å². The van der Waals surface area contributed by atoms with Crippen LogP contribution in [0.4, 0.5) is 0 Å². The van der Waals surface area contributed by atoms with E-state index in [1.54, 1.807) is 0 Å². The number of fused-ring (bicyclic) bond motifs is 1. The summed E-state index contributed by atoms with van der Waals surface area (Å²) in [6.45, 7) is 8.30. The van der Waals surface area contributed by atoms with Crippen LogP contribution in [0.3, 0.4) is 0 Å². The molecule has 1 aliphatic rings. The average molecular weight is 356 g/mol. The molecule has 0 radical (unpaired) electrons. The van der Waals surface area contributed by atoms with Gasteiger partial charge in [0.05, 0.1) is 0 Å². The monoisotopic (exact) mass is 355 g/mol. The Hall–Kier alpha value is -2.01. The molecule has 26 heavy (non-hydrogen) atoms. The van der Waals surface area contributed by atoms with E-state index in [1.807, 2.05) is 0 Å². The zero-order valence-corrected chi connectivity index (χ0v) is 16.2. The van der Waals surface area contributed by atoms with Gasteiger partial charge in [0, 0.05) is 44.4 Å². The molecule has 1 aromatic heterocycles. The lowest BCUT2D eigenvalue weighted by atomic mass is 9.99. The highest BCUT2D eigenvalue weighted by Crippen LogP contribution is 2.16. The summed E-state index contributed by atoms with van der Waals surface area (Å²) in [6.07, 6.45) is 5.86. The van der Waals surface area contributed by atoms with E-state index in [2.05, 4.69) is 70.6 Å². The summed E-state index contributed by atoms with van der Waals surface area (Å²) < 4.78 is 2.33. The maximum atomic E-state index is 4.82. The zero-order chi connectivity index (χ0) is 18.2. The van der Waals surface area contributed by atoms with Gasteiger partial charge in [-0.2, -0.15) is 0 Å². The fourth-order valence-electron chi connectivity index (χ4n) is 3.78. The van der Waals surface area contributed by atoms with Crippen molar-refractivity contribution in [3.8, 4) is 0 Å². The van der Waals surface area contributed by atoms with Crippen LogP contribution in [0.25, 0.3) is 10.9 Å². The Balaban J connectivity index is 1.45. The number of piperidine rings is 1. The van der Waals surface area contributed by atoms with Crippen molar-refractivity contribution in [3.63, 3.8) is 0 Å². The molecule has 1 fully saturated rings. The van der Waals surface area contributed by atoms with Gasteiger partial charge in [0.1, 0.15) is 0 Å². The van der Waals surface area contributed by atoms with Crippen molar-refractivity contribution in [3.05, 3.63) is 36.5 Å². The maximum Gasteiger partial charge on any atom is 0.191 e. The van der Waals surface area contributed by atoms with Gasteiger partial charge in [0.15, 0.2) is 5.96 Å². The Labute approximate surface area is 157 Å². The highest BCUT2D eigenvalue weighted by atomic mass is 15.2. The number of nitrogens with zero attached hydrogens (tertiary/aromatic N) is 3. The number of guanidine groups is 1. The fourth-order valence-corrected chi connectivity index (χ4v) is 3.78. The molecule has 5 nitrogen and oxygen atoms in total. The van der Waals surface area contributed by atoms with Crippen molar-refractivity contribution in [1.82, 2.24) is 20.1 Å². The minimum atomic E-state index is 0.690. The molecule has 1 saturated heterocycles. The number of aromatic nitrogens is 1. The maximum absolute atomic E-state index is 4.82. The lowest BCUT2D eigenvalue weighted by molar-refractivity contribution is 0.214. The van der Waals surface area contributed by atoms with Gasteiger partial charge in [-0.05, 0) is 63.2 Å². The molecule has 0 bridgehead atoms. The third-order valence-corrected chi connectivity index (χ3v) is 5.12. The van der Waals surface area contributed by atoms with Crippen LogP contribution in [0.5, 0.6) is 0 Å². The molecule has 1 aromatic carbocycles. The number of para-hydroxylation sites is 1. The molecule has 0 aliphatic carbocycles. The first kappa shape index (κ1) is 18.8. The third-order valence-electron chi connectivity index (χ3n) is 5.12. The molecule has 2 aromatic rings. The molecule has 1 aliphatic heterocycles. The molecule has 0 saturated carbocycles. The van der Waals surface area contributed by atoms with Crippen molar-refractivity contribution >= 4 is 16.9 Å². The minimum absolute atomic E-state index is 0.690. The Morgan fingerprint density at radius 2 is 2.12 bits per heavy atom. The summed E-state index contributed by atoms with van der Waals surface area (Å²) in [4.78, 5) is 7.24. The van der Waals surface area contributed by atoms with E-state index in [9.17, 15) is 0 Å². The normalized spacial score (nSPS) is 19.0. The van der Waals surface area contributed by atoms with Crippen LogP contribution < -0.4 is 10.6 Å². The topological polar surface area (TPSA) is 44.6 Å². The highest BCUT2D eigenvalue weighted by molar-refractivity contribution is 5.80. The Morgan fingerprint density at radius 1 is 1.23 bits per heavy atom. The first-order valence-corrected chi connectivity index (χ1v) is 10.0. The van der Waals surface area contributed by atoms with Crippen LogP contribution in [-0.2, 0) is 6.54 Å². The van der Waals surface area contributed by atoms with Crippen LogP contribution in [0, 0.1) is 5.92 Å². The van der Waals surface area contributed by atoms with Gasteiger partial charge in [0.25, 0.3) is 0 Å². The first-order valence-electron chi connectivity index (χ1n) is 10.0. The first-order chi connectivity index (χ1) is 12.8. The van der Waals surface area contributed by atoms with Crippen molar-refractivity contribution in [2.75, 3.05) is 39.8 Å². The van der Waals surface area contributed by atoms with E-state index in [4.69, 9.17) is 4.99 Å². The van der Waals surface area contributed by atoms with Gasteiger partial charge in [0.2, 0.25) is 0 Å².